The minimum atomic E-state index is -0.0682. The number of rotatable bonds is 6. The Kier molecular flexibility index (Phi) is 4.42. The number of ketones is 1. The van der Waals surface area contributed by atoms with E-state index in [-0.39, 0.29) is 11.5 Å². The van der Waals surface area contributed by atoms with Crippen LogP contribution in [0.3, 0.4) is 0 Å². The van der Waals surface area contributed by atoms with Crippen LogP contribution in [0.5, 0.6) is 11.5 Å². The van der Waals surface area contributed by atoms with Gasteiger partial charge in [0.05, 0.1) is 25.5 Å². The molecule has 0 saturated heterocycles. The van der Waals surface area contributed by atoms with Gasteiger partial charge in [0.25, 0.3) is 5.78 Å². The lowest BCUT2D eigenvalue weighted by molar-refractivity contribution is 0.101. The molecule has 23 heavy (non-hydrogen) atoms. The summed E-state index contributed by atoms with van der Waals surface area (Å²) < 4.78 is 12.0. The number of aromatic nitrogens is 4. The zero-order valence-electron chi connectivity index (χ0n) is 12.6. The molecule has 0 amide bonds. The molecule has 1 aromatic carbocycles. The Morgan fingerprint density at radius 2 is 2.17 bits per heavy atom. The van der Waals surface area contributed by atoms with Crippen molar-refractivity contribution in [3.05, 3.63) is 42.2 Å². The predicted molar refractivity (Wildman–Crippen MR) is 85.4 cm³/mol. The summed E-state index contributed by atoms with van der Waals surface area (Å²) in [6, 6.07) is 6.88. The summed E-state index contributed by atoms with van der Waals surface area (Å²) in [5.74, 6) is 1.77. The smallest absolute Gasteiger partial charge is 0.253 e. The van der Waals surface area contributed by atoms with E-state index in [1.807, 2.05) is 0 Å². The molecule has 0 aliphatic rings. The summed E-state index contributed by atoms with van der Waals surface area (Å²) in [5, 5.41) is 4.76. The lowest BCUT2D eigenvalue weighted by Gasteiger charge is -2.08. The van der Waals surface area contributed by atoms with Crippen LogP contribution >= 0.6 is 11.8 Å². The first kappa shape index (κ1) is 15.3. The quantitative estimate of drug-likeness (QED) is 0.506. The lowest BCUT2D eigenvalue weighted by Crippen LogP contribution is -2.05. The van der Waals surface area contributed by atoms with Crippen molar-refractivity contribution < 1.29 is 14.3 Å². The van der Waals surface area contributed by atoms with E-state index in [2.05, 4.69) is 15.1 Å². The predicted octanol–water partition coefficient (Wildman–Crippen LogP) is 2.12. The van der Waals surface area contributed by atoms with Crippen molar-refractivity contribution in [3.8, 4) is 11.5 Å². The van der Waals surface area contributed by atoms with Crippen molar-refractivity contribution >= 4 is 23.3 Å². The molecular formula is C15H14N4O3S. The molecule has 0 atom stereocenters. The van der Waals surface area contributed by atoms with Crippen LogP contribution in [0.25, 0.3) is 5.78 Å². The Hall–Kier alpha value is -2.61. The van der Waals surface area contributed by atoms with Crippen LogP contribution < -0.4 is 9.47 Å². The van der Waals surface area contributed by atoms with Gasteiger partial charge in [0.1, 0.15) is 11.5 Å². The average Bonchev–Trinajstić information content (AvgIpc) is 3.02. The first-order chi connectivity index (χ1) is 11.2. The summed E-state index contributed by atoms with van der Waals surface area (Å²) in [6.45, 7) is 0. The molecule has 0 spiro atoms. The van der Waals surface area contributed by atoms with E-state index >= 15 is 0 Å². The first-order valence-electron chi connectivity index (χ1n) is 6.76. The fourth-order valence-corrected chi connectivity index (χ4v) is 2.72. The molecule has 0 radical (unpaired) electrons. The Morgan fingerprint density at radius 1 is 1.30 bits per heavy atom. The Bertz CT molecular complexity index is 817. The second kappa shape index (κ2) is 6.66. The van der Waals surface area contributed by atoms with Crippen LogP contribution in [0.15, 0.2) is 41.8 Å². The zero-order chi connectivity index (χ0) is 16.2. The van der Waals surface area contributed by atoms with Gasteiger partial charge in [-0.15, -0.1) is 5.10 Å². The molecule has 0 aliphatic heterocycles. The normalized spacial score (nSPS) is 10.7. The SMILES string of the molecule is COc1ccc(C(=O)CSc2nc3ncccn3n2)c(OC)c1. The number of benzene rings is 1. The number of ether oxygens (including phenoxy) is 2. The van der Waals surface area contributed by atoms with Gasteiger partial charge in [-0.2, -0.15) is 4.98 Å². The maximum Gasteiger partial charge on any atom is 0.253 e. The number of nitrogens with zero attached hydrogens (tertiary/aromatic N) is 4. The first-order valence-corrected chi connectivity index (χ1v) is 7.75. The van der Waals surface area contributed by atoms with E-state index in [0.717, 1.165) is 0 Å². The molecular weight excluding hydrogens is 316 g/mol. The van der Waals surface area contributed by atoms with E-state index in [9.17, 15) is 4.79 Å². The Labute approximate surface area is 136 Å². The number of Topliss-reactive ketones (excluding diaryl/α,β-unsaturated/α-hetero) is 1. The van der Waals surface area contributed by atoms with Crippen molar-refractivity contribution in [1.29, 1.82) is 0 Å². The number of methoxy groups -OCH3 is 2. The van der Waals surface area contributed by atoms with Crippen molar-refractivity contribution in [2.75, 3.05) is 20.0 Å². The van der Waals surface area contributed by atoms with Gasteiger partial charge >= 0.3 is 0 Å². The van der Waals surface area contributed by atoms with E-state index < -0.39 is 0 Å². The molecule has 0 N–H and O–H groups in total. The molecule has 118 valence electrons. The van der Waals surface area contributed by atoms with Crippen molar-refractivity contribution in [2.45, 2.75) is 5.16 Å². The van der Waals surface area contributed by atoms with Gasteiger partial charge in [-0.1, -0.05) is 11.8 Å². The number of thioether (sulfide) groups is 1. The van der Waals surface area contributed by atoms with Gasteiger partial charge in [0.15, 0.2) is 5.78 Å². The Balaban J connectivity index is 1.74. The minimum Gasteiger partial charge on any atom is -0.497 e. The third-order valence-corrected chi connectivity index (χ3v) is 3.98. The summed E-state index contributed by atoms with van der Waals surface area (Å²) in [4.78, 5) is 20.7. The molecule has 0 unspecified atom stereocenters. The lowest BCUT2D eigenvalue weighted by atomic mass is 10.1. The Morgan fingerprint density at radius 3 is 2.91 bits per heavy atom. The van der Waals surface area contributed by atoms with Gasteiger partial charge in [-0.3, -0.25) is 4.79 Å². The number of hydrogen-bond acceptors (Lipinski definition) is 7. The maximum atomic E-state index is 12.4. The molecule has 0 aliphatic carbocycles. The van der Waals surface area contributed by atoms with E-state index in [0.29, 0.717) is 28.0 Å². The van der Waals surface area contributed by atoms with Crippen LogP contribution in [-0.2, 0) is 0 Å². The standard InChI is InChI=1S/C15H14N4O3S/c1-21-10-4-5-11(13(8-10)22-2)12(20)9-23-15-17-14-16-6-3-7-19(14)18-15/h3-8H,9H2,1-2H3. The van der Waals surface area contributed by atoms with E-state index in [4.69, 9.17) is 9.47 Å². The number of carbonyl (C=O) groups excluding carboxylic acids is 1. The van der Waals surface area contributed by atoms with Gasteiger partial charge < -0.3 is 9.47 Å². The number of carbonyl (C=O) groups is 1. The highest BCUT2D eigenvalue weighted by Crippen LogP contribution is 2.26. The van der Waals surface area contributed by atoms with E-state index in [1.54, 1.807) is 48.3 Å². The number of hydrogen-bond donors (Lipinski definition) is 0. The second-order valence-electron chi connectivity index (χ2n) is 4.54. The van der Waals surface area contributed by atoms with Gasteiger partial charge in [0.2, 0.25) is 5.16 Å². The molecule has 0 fully saturated rings. The fraction of sp³-hybridized carbons (Fsp3) is 0.200. The van der Waals surface area contributed by atoms with Crippen LogP contribution in [0.4, 0.5) is 0 Å². The van der Waals surface area contributed by atoms with Gasteiger partial charge in [0, 0.05) is 18.5 Å². The average molecular weight is 330 g/mol. The summed E-state index contributed by atoms with van der Waals surface area (Å²) >= 11 is 1.26. The summed E-state index contributed by atoms with van der Waals surface area (Å²) in [5.41, 5.74) is 0.502. The molecule has 2 aromatic heterocycles. The molecule has 2 heterocycles. The zero-order valence-corrected chi connectivity index (χ0v) is 13.4. The van der Waals surface area contributed by atoms with Crippen LogP contribution in [0, 0.1) is 0 Å². The summed E-state index contributed by atoms with van der Waals surface area (Å²) in [7, 11) is 3.09. The second-order valence-corrected chi connectivity index (χ2v) is 5.48. The maximum absolute atomic E-state index is 12.4. The number of fused-ring (bicyclic) bond motifs is 1. The molecule has 3 aromatic rings. The van der Waals surface area contributed by atoms with Crippen LogP contribution in [0.1, 0.15) is 10.4 Å². The molecule has 8 heteroatoms. The largest absolute Gasteiger partial charge is 0.497 e. The van der Waals surface area contributed by atoms with Gasteiger partial charge in [-0.25, -0.2) is 9.50 Å². The van der Waals surface area contributed by atoms with Crippen LogP contribution in [-0.4, -0.2) is 45.3 Å². The molecule has 0 bridgehead atoms. The molecule has 3 rings (SSSR count). The van der Waals surface area contributed by atoms with E-state index in [1.165, 1.54) is 18.9 Å². The van der Waals surface area contributed by atoms with Gasteiger partial charge in [-0.05, 0) is 18.2 Å². The van der Waals surface area contributed by atoms with Crippen molar-refractivity contribution in [1.82, 2.24) is 19.6 Å². The summed E-state index contributed by atoms with van der Waals surface area (Å²) in [6.07, 6.45) is 3.40. The molecule has 0 saturated carbocycles. The third-order valence-electron chi connectivity index (χ3n) is 3.14. The van der Waals surface area contributed by atoms with Crippen molar-refractivity contribution in [2.24, 2.45) is 0 Å². The van der Waals surface area contributed by atoms with Crippen LogP contribution in [0.2, 0.25) is 0 Å². The topological polar surface area (TPSA) is 78.6 Å². The highest BCUT2D eigenvalue weighted by Gasteiger charge is 2.15. The minimum absolute atomic E-state index is 0.0682. The highest BCUT2D eigenvalue weighted by molar-refractivity contribution is 7.99. The third kappa shape index (κ3) is 3.26. The monoisotopic (exact) mass is 330 g/mol. The molecule has 7 nitrogen and oxygen atoms in total. The fourth-order valence-electron chi connectivity index (χ4n) is 2.01. The highest BCUT2D eigenvalue weighted by atomic mass is 32.2. The van der Waals surface area contributed by atoms with Crippen molar-refractivity contribution in [3.63, 3.8) is 0 Å².